The number of ether oxygens (including phenoxy) is 2. The number of aryl methyl sites for hydroxylation is 1. The second kappa shape index (κ2) is 14.9. The third-order valence-corrected chi connectivity index (χ3v) is 4.47. The Morgan fingerprint density at radius 3 is 2.75 bits per heavy atom. The van der Waals surface area contributed by atoms with E-state index in [1.54, 1.807) is 0 Å². The van der Waals surface area contributed by atoms with Crippen LogP contribution >= 0.6 is 24.0 Å². The number of guanidine groups is 1. The summed E-state index contributed by atoms with van der Waals surface area (Å²) in [7, 11) is 0. The molecule has 1 atom stereocenters. The number of unbranched alkanes of at least 4 members (excludes halogenated alkanes) is 1. The van der Waals surface area contributed by atoms with Crippen LogP contribution in [0.5, 0.6) is 5.75 Å². The summed E-state index contributed by atoms with van der Waals surface area (Å²) in [5, 5.41) is 6.73. The van der Waals surface area contributed by atoms with Crippen LogP contribution in [0.4, 0.5) is 0 Å². The van der Waals surface area contributed by atoms with Gasteiger partial charge in [-0.2, -0.15) is 0 Å². The van der Waals surface area contributed by atoms with Crippen molar-refractivity contribution in [1.29, 1.82) is 0 Å². The standard InChI is InChI=1S/C21H36N4O2.HI/c1-4-22-21(23-10-5-6-11-25-12-14-26-15-13-25)24-17-19(3)27-20-9-7-8-18(2)16-20;/h7-9,16,19H,4-6,10-15,17H2,1-3H3,(H2,22,23,24);1H. The highest BCUT2D eigenvalue weighted by Gasteiger charge is 2.09. The lowest BCUT2D eigenvalue weighted by Crippen LogP contribution is -2.39. The number of halogens is 1. The number of benzene rings is 1. The Kier molecular flexibility index (Phi) is 13.3. The van der Waals surface area contributed by atoms with Crippen molar-refractivity contribution >= 4 is 29.9 Å². The summed E-state index contributed by atoms with van der Waals surface area (Å²) in [4.78, 5) is 7.14. The zero-order chi connectivity index (χ0) is 19.3. The van der Waals surface area contributed by atoms with Gasteiger partial charge in [0.2, 0.25) is 0 Å². The largest absolute Gasteiger partial charge is 0.489 e. The molecule has 1 unspecified atom stereocenters. The van der Waals surface area contributed by atoms with Gasteiger partial charge in [-0.05, 0) is 57.9 Å². The molecular weight excluding hydrogens is 467 g/mol. The summed E-state index contributed by atoms with van der Waals surface area (Å²) in [6, 6.07) is 8.13. The molecule has 0 amide bonds. The van der Waals surface area contributed by atoms with Crippen LogP contribution in [0.15, 0.2) is 29.3 Å². The third kappa shape index (κ3) is 10.5. The van der Waals surface area contributed by atoms with E-state index in [0.29, 0.717) is 6.54 Å². The zero-order valence-corrected chi connectivity index (χ0v) is 19.9. The van der Waals surface area contributed by atoms with Gasteiger partial charge in [-0.1, -0.05) is 12.1 Å². The smallest absolute Gasteiger partial charge is 0.191 e. The molecule has 1 heterocycles. The van der Waals surface area contributed by atoms with Gasteiger partial charge in [-0.3, -0.25) is 4.90 Å². The Morgan fingerprint density at radius 1 is 1.25 bits per heavy atom. The Hall–Kier alpha value is -1.06. The normalized spacial score (nSPS) is 16.2. The van der Waals surface area contributed by atoms with Gasteiger partial charge in [-0.15, -0.1) is 24.0 Å². The molecule has 0 aromatic heterocycles. The summed E-state index contributed by atoms with van der Waals surface area (Å²) < 4.78 is 11.3. The Morgan fingerprint density at radius 2 is 2.04 bits per heavy atom. The lowest BCUT2D eigenvalue weighted by atomic mass is 10.2. The molecule has 2 rings (SSSR count). The molecule has 7 heteroatoms. The molecule has 0 bridgehead atoms. The molecule has 0 spiro atoms. The minimum atomic E-state index is 0. The van der Waals surface area contributed by atoms with Gasteiger partial charge in [0.05, 0.1) is 19.8 Å². The topological polar surface area (TPSA) is 58.1 Å². The maximum Gasteiger partial charge on any atom is 0.191 e. The van der Waals surface area contributed by atoms with E-state index in [4.69, 9.17) is 9.47 Å². The average Bonchev–Trinajstić information content (AvgIpc) is 2.66. The monoisotopic (exact) mass is 504 g/mol. The molecule has 1 fully saturated rings. The summed E-state index contributed by atoms with van der Waals surface area (Å²) >= 11 is 0. The lowest BCUT2D eigenvalue weighted by Gasteiger charge is -2.26. The van der Waals surface area contributed by atoms with Crippen molar-refractivity contribution in [2.45, 2.75) is 39.7 Å². The number of morpholine rings is 1. The minimum Gasteiger partial charge on any atom is -0.489 e. The van der Waals surface area contributed by atoms with Gasteiger partial charge in [0.15, 0.2) is 5.96 Å². The maximum absolute atomic E-state index is 5.96. The maximum atomic E-state index is 5.96. The second-order valence-corrected chi connectivity index (χ2v) is 7.05. The zero-order valence-electron chi connectivity index (χ0n) is 17.6. The predicted molar refractivity (Wildman–Crippen MR) is 127 cm³/mol. The molecule has 1 aromatic rings. The molecule has 1 aromatic carbocycles. The number of nitrogens with one attached hydrogen (secondary N) is 2. The fourth-order valence-electron chi connectivity index (χ4n) is 3.01. The van der Waals surface area contributed by atoms with Crippen molar-refractivity contribution in [3.05, 3.63) is 29.8 Å². The summed E-state index contributed by atoms with van der Waals surface area (Å²) in [6.07, 6.45) is 2.36. The first kappa shape index (κ1) is 25.0. The molecule has 1 saturated heterocycles. The number of nitrogens with zero attached hydrogens (tertiary/aromatic N) is 2. The molecular formula is C21H37IN4O2. The van der Waals surface area contributed by atoms with E-state index in [1.807, 2.05) is 12.1 Å². The van der Waals surface area contributed by atoms with Gasteiger partial charge in [-0.25, -0.2) is 4.99 Å². The summed E-state index contributed by atoms with van der Waals surface area (Å²) in [5.41, 5.74) is 1.20. The fourth-order valence-corrected chi connectivity index (χ4v) is 3.01. The summed E-state index contributed by atoms with van der Waals surface area (Å²) in [5.74, 6) is 1.77. The molecule has 0 aliphatic carbocycles. The van der Waals surface area contributed by atoms with Crippen molar-refractivity contribution in [3.63, 3.8) is 0 Å². The van der Waals surface area contributed by atoms with E-state index in [2.05, 4.69) is 53.4 Å². The molecule has 6 nitrogen and oxygen atoms in total. The highest BCUT2D eigenvalue weighted by atomic mass is 127. The van der Waals surface area contributed by atoms with E-state index in [1.165, 1.54) is 12.0 Å². The first-order chi connectivity index (χ1) is 13.2. The number of aliphatic imine (C=N–C) groups is 1. The van der Waals surface area contributed by atoms with Crippen LogP contribution in [0.2, 0.25) is 0 Å². The molecule has 2 N–H and O–H groups in total. The SMILES string of the molecule is CCNC(=NCC(C)Oc1cccc(C)c1)NCCCCN1CCOCC1.I. The number of hydrogen-bond donors (Lipinski definition) is 2. The van der Waals surface area contributed by atoms with Gasteiger partial charge in [0, 0.05) is 26.2 Å². The first-order valence-corrected chi connectivity index (χ1v) is 10.2. The highest BCUT2D eigenvalue weighted by Crippen LogP contribution is 2.14. The highest BCUT2D eigenvalue weighted by molar-refractivity contribution is 14.0. The van der Waals surface area contributed by atoms with Gasteiger partial charge in [0.1, 0.15) is 11.9 Å². The molecule has 1 aliphatic heterocycles. The van der Waals surface area contributed by atoms with Crippen LogP contribution in [0, 0.1) is 6.92 Å². The van der Waals surface area contributed by atoms with E-state index >= 15 is 0 Å². The molecule has 1 aliphatic rings. The van der Waals surface area contributed by atoms with E-state index in [-0.39, 0.29) is 30.1 Å². The second-order valence-electron chi connectivity index (χ2n) is 7.05. The predicted octanol–water partition coefficient (Wildman–Crippen LogP) is 3.05. The van der Waals surface area contributed by atoms with Gasteiger partial charge >= 0.3 is 0 Å². The van der Waals surface area contributed by atoms with Crippen LogP contribution in [0.1, 0.15) is 32.3 Å². The quantitative estimate of drug-likeness (QED) is 0.222. The van der Waals surface area contributed by atoms with Crippen molar-refractivity contribution in [2.24, 2.45) is 4.99 Å². The van der Waals surface area contributed by atoms with Crippen molar-refractivity contribution in [3.8, 4) is 5.75 Å². The van der Waals surface area contributed by atoms with Gasteiger partial charge < -0.3 is 20.1 Å². The van der Waals surface area contributed by atoms with Gasteiger partial charge in [0.25, 0.3) is 0 Å². The molecule has 28 heavy (non-hydrogen) atoms. The Bertz CT molecular complexity index is 565. The molecule has 160 valence electrons. The fraction of sp³-hybridized carbons (Fsp3) is 0.667. The van der Waals surface area contributed by atoms with E-state index in [0.717, 1.165) is 64.1 Å². The number of rotatable bonds is 10. The Labute approximate surface area is 187 Å². The number of hydrogen-bond acceptors (Lipinski definition) is 4. The van der Waals surface area contributed by atoms with Crippen LogP contribution < -0.4 is 15.4 Å². The molecule has 0 saturated carbocycles. The van der Waals surface area contributed by atoms with Crippen LogP contribution in [0.25, 0.3) is 0 Å². The van der Waals surface area contributed by atoms with Crippen molar-refractivity contribution in [1.82, 2.24) is 15.5 Å². The molecule has 0 radical (unpaired) electrons. The lowest BCUT2D eigenvalue weighted by molar-refractivity contribution is 0.0372. The first-order valence-electron chi connectivity index (χ1n) is 10.2. The van der Waals surface area contributed by atoms with Crippen LogP contribution in [-0.2, 0) is 4.74 Å². The van der Waals surface area contributed by atoms with Crippen LogP contribution in [0.3, 0.4) is 0 Å². The minimum absolute atomic E-state index is 0. The Balaban J connectivity index is 0.00000392. The van der Waals surface area contributed by atoms with E-state index < -0.39 is 0 Å². The average molecular weight is 504 g/mol. The summed E-state index contributed by atoms with van der Waals surface area (Å²) in [6.45, 7) is 13.7. The van der Waals surface area contributed by atoms with Crippen LogP contribution in [-0.4, -0.2) is 69.4 Å². The van der Waals surface area contributed by atoms with Crippen molar-refractivity contribution in [2.75, 3.05) is 52.5 Å². The van der Waals surface area contributed by atoms with E-state index in [9.17, 15) is 0 Å². The third-order valence-electron chi connectivity index (χ3n) is 4.47. The van der Waals surface area contributed by atoms with Crippen molar-refractivity contribution < 1.29 is 9.47 Å².